The van der Waals surface area contributed by atoms with Crippen LogP contribution >= 0.6 is 15.9 Å². The summed E-state index contributed by atoms with van der Waals surface area (Å²) in [5, 5.41) is 20.7. The first-order valence-electron chi connectivity index (χ1n) is 5.84. The molecule has 0 aliphatic carbocycles. The zero-order valence-electron chi connectivity index (χ0n) is 10.5. The highest BCUT2D eigenvalue weighted by Crippen LogP contribution is 2.29. The maximum Gasteiger partial charge on any atom is 0.310 e. The summed E-state index contributed by atoms with van der Waals surface area (Å²) in [5.41, 5.74) is 1.66. The number of alkyl halides is 1. The van der Waals surface area contributed by atoms with Crippen LogP contribution in [0.25, 0.3) is 0 Å². The van der Waals surface area contributed by atoms with E-state index in [1.54, 1.807) is 36.4 Å². The number of hydrogen-bond donors (Lipinski definition) is 1. The van der Waals surface area contributed by atoms with E-state index in [9.17, 15) is 15.2 Å². The summed E-state index contributed by atoms with van der Waals surface area (Å²) in [4.78, 5) is 10.5. The van der Waals surface area contributed by atoms with Crippen molar-refractivity contribution >= 4 is 21.6 Å². The van der Waals surface area contributed by atoms with E-state index in [1.165, 1.54) is 6.07 Å². The number of halogens is 1. The Morgan fingerprint density at radius 1 is 1.15 bits per heavy atom. The normalized spacial score (nSPS) is 10.2. The molecule has 0 aliphatic heterocycles. The Morgan fingerprint density at radius 2 is 1.80 bits per heavy atom. The van der Waals surface area contributed by atoms with Crippen LogP contribution in [0.2, 0.25) is 0 Å². The van der Waals surface area contributed by atoms with Crippen molar-refractivity contribution in [1.82, 2.24) is 0 Å². The van der Waals surface area contributed by atoms with Crippen LogP contribution in [-0.2, 0) is 11.9 Å². The topological polar surface area (TPSA) is 72.6 Å². The Kier molecular flexibility index (Phi) is 4.57. The maximum absolute atomic E-state index is 11.0. The molecule has 0 aromatic heterocycles. The Balaban J connectivity index is 2.18. The third kappa shape index (κ3) is 3.48. The fourth-order valence-corrected chi connectivity index (χ4v) is 2.01. The van der Waals surface area contributed by atoms with Crippen molar-refractivity contribution in [2.75, 3.05) is 0 Å². The summed E-state index contributed by atoms with van der Waals surface area (Å²) in [7, 11) is 0. The summed E-state index contributed by atoms with van der Waals surface area (Å²) in [6.45, 7) is 0.201. The highest BCUT2D eigenvalue weighted by Gasteiger charge is 2.15. The molecule has 104 valence electrons. The van der Waals surface area contributed by atoms with E-state index in [4.69, 9.17) is 4.74 Å². The first-order chi connectivity index (χ1) is 9.60. The third-order valence-corrected chi connectivity index (χ3v) is 3.35. The minimum Gasteiger partial charge on any atom is -0.508 e. The molecule has 0 atom stereocenters. The Hall–Kier alpha value is -2.08. The molecule has 1 N–H and O–H groups in total. The monoisotopic (exact) mass is 337 g/mol. The van der Waals surface area contributed by atoms with Crippen LogP contribution < -0.4 is 4.74 Å². The summed E-state index contributed by atoms with van der Waals surface area (Å²) in [6.07, 6.45) is 0. The molecule has 20 heavy (non-hydrogen) atoms. The fourth-order valence-electron chi connectivity index (χ4n) is 1.66. The molecule has 2 rings (SSSR count). The second-order valence-electron chi connectivity index (χ2n) is 4.15. The standard InChI is InChI=1S/C14H12BrNO4/c15-8-11-3-6-13(16(18)19)14(7-11)20-9-10-1-4-12(17)5-2-10/h1-7,17H,8-9H2. The van der Waals surface area contributed by atoms with Gasteiger partial charge in [-0.15, -0.1) is 0 Å². The molecule has 6 heteroatoms. The van der Waals surface area contributed by atoms with Gasteiger partial charge in [-0.1, -0.05) is 34.1 Å². The molecule has 0 radical (unpaired) electrons. The second-order valence-corrected chi connectivity index (χ2v) is 4.71. The zero-order valence-corrected chi connectivity index (χ0v) is 12.0. The Labute approximate surface area is 124 Å². The van der Waals surface area contributed by atoms with E-state index in [1.807, 2.05) is 0 Å². The second kappa shape index (κ2) is 6.38. The van der Waals surface area contributed by atoms with E-state index >= 15 is 0 Å². The number of phenols is 1. The van der Waals surface area contributed by atoms with Gasteiger partial charge < -0.3 is 9.84 Å². The number of ether oxygens (including phenoxy) is 1. The number of nitro benzene ring substituents is 1. The molecule has 0 fully saturated rings. The fraction of sp³-hybridized carbons (Fsp3) is 0.143. The number of benzene rings is 2. The summed E-state index contributed by atoms with van der Waals surface area (Å²) in [6, 6.07) is 11.3. The summed E-state index contributed by atoms with van der Waals surface area (Å²) >= 11 is 3.30. The van der Waals surface area contributed by atoms with Crippen LogP contribution in [0.3, 0.4) is 0 Å². The van der Waals surface area contributed by atoms with Gasteiger partial charge in [0.1, 0.15) is 12.4 Å². The molecular weight excluding hydrogens is 326 g/mol. The van der Waals surface area contributed by atoms with Crippen molar-refractivity contribution in [2.24, 2.45) is 0 Å². The Morgan fingerprint density at radius 3 is 2.40 bits per heavy atom. The van der Waals surface area contributed by atoms with Crippen LogP contribution in [0, 0.1) is 10.1 Å². The Bertz CT molecular complexity index is 613. The number of nitrogens with zero attached hydrogens (tertiary/aromatic N) is 1. The lowest BCUT2D eigenvalue weighted by Gasteiger charge is -2.08. The first-order valence-corrected chi connectivity index (χ1v) is 6.96. The number of rotatable bonds is 5. The van der Waals surface area contributed by atoms with Gasteiger partial charge >= 0.3 is 5.69 Å². The van der Waals surface area contributed by atoms with Crippen LogP contribution in [0.4, 0.5) is 5.69 Å². The van der Waals surface area contributed by atoms with Crippen molar-refractivity contribution in [3.8, 4) is 11.5 Å². The molecule has 0 heterocycles. The van der Waals surface area contributed by atoms with Crippen molar-refractivity contribution in [1.29, 1.82) is 0 Å². The molecule has 0 amide bonds. The molecule has 0 saturated heterocycles. The summed E-state index contributed by atoms with van der Waals surface area (Å²) in [5.74, 6) is 0.404. The van der Waals surface area contributed by atoms with Gasteiger partial charge in [-0.25, -0.2) is 0 Å². The van der Waals surface area contributed by atoms with Gasteiger partial charge in [0, 0.05) is 11.4 Å². The predicted molar refractivity (Wildman–Crippen MR) is 78.2 cm³/mol. The molecular formula is C14H12BrNO4. The summed E-state index contributed by atoms with van der Waals surface area (Å²) < 4.78 is 5.52. The smallest absolute Gasteiger partial charge is 0.310 e. The van der Waals surface area contributed by atoms with Gasteiger partial charge in [0.05, 0.1) is 4.92 Å². The quantitative estimate of drug-likeness (QED) is 0.512. The van der Waals surface area contributed by atoms with Crippen molar-refractivity contribution < 1.29 is 14.8 Å². The average Bonchev–Trinajstić information content (AvgIpc) is 2.46. The lowest BCUT2D eigenvalue weighted by Crippen LogP contribution is -1.99. The molecule has 0 bridgehead atoms. The molecule has 2 aromatic rings. The third-order valence-electron chi connectivity index (χ3n) is 2.71. The average molecular weight is 338 g/mol. The van der Waals surface area contributed by atoms with Gasteiger partial charge in [-0.2, -0.15) is 0 Å². The van der Waals surface area contributed by atoms with Crippen molar-refractivity contribution in [3.63, 3.8) is 0 Å². The molecule has 0 spiro atoms. The highest BCUT2D eigenvalue weighted by atomic mass is 79.9. The minimum atomic E-state index is -0.468. The van der Waals surface area contributed by atoms with E-state index in [0.29, 0.717) is 5.33 Å². The first kappa shape index (κ1) is 14.3. The van der Waals surface area contributed by atoms with E-state index in [0.717, 1.165) is 11.1 Å². The molecule has 5 nitrogen and oxygen atoms in total. The largest absolute Gasteiger partial charge is 0.508 e. The predicted octanol–water partition coefficient (Wildman–Crippen LogP) is 3.77. The van der Waals surface area contributed by atoms with Crippen LogP contribution in [-0.4, -0.2) is 10.0 Å². The van der Waals surface area contributed by atoms with Crippen LogP contribution in [0.5, 0.6) is 11.5 Å². The molecule has 0 unspecified atom stereocenters. The SMILES string of the molecule is O=[N+]([O-])c1ccc(CBr)cc1OCc1ccc(O)cc1. The van der Waals surface area contributed by atoms with E-state index in [2.05, 4.69) is 15.9 Å². The molecule has 2 aromatic carbocycles. The number of hydrogen-bond acceptors (Lipinski definition) is 4. The van der Waals surface area contributed by atoms with E-state index < -0.39 is 4.92 Å². The highest BCUT2D eigenvalue weighted by molar-refractivity contribution is 9.08. The zero-order chi connectivity index (χ0) is 14.5. The van der Waals surface area contributed by atoms with Crippen LogP contribution in [0.15, 0.2) is 42.5 Å². The van der Waals surface area contributed by atoms with Gasteiger partial charge in [0.25, 0.3) is 0 Å². The lowest BCUT2D eigenvalue weighted by atomic mass is 10.2. The van der Waals surface area contributed by atoms with Crippen LogP contribution in [0.1, 0.15) is 11.1 Å². The maximum atomic E-state index is 11.0. The van der Waals surface area contributed by atoms with Crippen molar-refractivity contribution in [3.05, 3.63) is 63.7 Å². The number of nitro groups is 1. The lowest BCUT2D eigenvalue weighted by molar-refractivity contribution is -0.386. The van der Waals surface area contributed by atoms with Gasteiger partial charge in [-0.3, -0.25) is 10.1 Å². The number of aromatic hydroxyl groups is 1. The van der Waals surface area contributed by atoms with E-state index in [-0.39, 0.29) is 23.8 Å². The van der Waals surface area contributed by atoms with Crippen molar-refractivity contribution in [2.45, 2.75) is 11.9 Å². The molecule has 0 aliphatic rings. The van der Waals surface area contributed by atoms with Gasteiger partial charge in [0.2, 0.25) is 0 Å². The van der Waals surface area contributed by atoms with Gasteiger partial charge in [-0.05, 0) is 29.3 Å². The number of phenolic OH excluding ortho intramolecular Hbond substituents is 1. The van der Waals surface area contributed by atoms with Gasteiger partial charge in [0.15, 0.2) is 5.75 Å². The minimum absolute atomic E-state index is 0.0616. The molecule has 0 saturated carbocycles.